The molecule has 16 heteroatoms. The Bertz CT molecular complexity index is 1530. The smallest absolute Gasteiger partial charge is 0.276 e. The Balaban J connectivity index is 1.21. The minimum absolute atomic E-state index is 0.0761. The topological polar surface area (TPSA) is 172 Å². The van der Waals surface area contributed by atoms with Gasteiger partial charge in [-0.1, -0.05) is 11.6 Å². The van der Waals surface area contributed by atoms with E-state index in [0.29, 0.717) is 51.3 Å². The highest BCUT2D eigenvalue weighted by molar-refractivity contribution is 7.89. The number of aromatic nitrogens is 1. The van der Waals surface area contributed by atoms with E-state index in [-0.39, 0.29) is 90.6 Å². The molecular weight excluding hydrogens is 654 g/mol. The van der Waals surface area contributed by atoms with Crippen molar-refractivity contribution in [3.63, 3.8) is 0 Å². The summed E-state index contributed by atoms with van der Waals surface area (Å²) in [5.74, 6) is -4.44. The fourth-order valence-corrected chi connectivity index (χ4v) is 8.39. The van der Waals surface area contributed by atoms with E-state index in [1.807, 2.05) is 0 Å². The third-order valence-electron chi connectivity index (χ3n) is 9.37. The van der Waals surface area contributed by atoms with Crippen LogP contribution in [0.25, 0.3) is 0 Å². The van der Waals surface area contributed by atoms with Crippen LogP contribution in [0, 0.1) is 11.8 Å². The highest BCUT2D eigenvalue weighted by atomic mass is 35.5. The number of rotatable bonds is 11. The monoisotopic (exact) mass is 696 g/mol. The lowest BCUT2D eigenvalue weighted by Crippen LogP contribution is -2.49. The number of amides is 2. The molecule has 5 rings (SSSR count). The standard InChI is InChI=1S/C31H43ClF2N8O4S/c32-27-17-23(31(33,34)22-3-1-21(2-4-22)30(44)40(11-9-35)12-10-36)18-28(38-27)39-13-15-41(16-14-39)47(45,46)26-7-5-25(6-8-26)42-20-24(37)19-29(42)43/h5-8,17-18,21-22,24H,1-4,9-16,19-20,35-37H2/t21-,22-,24-/m1/s1. The number of hydrogen-bond donors (Lipinski definition) is 3. The molecule has 0 radical (unpaired) electrons. The number of carbonyl (C=O) groups excluding carboxylic acids is 2. The van der Waals surface area contributed by atoms with E-state index in [2.05, 4.69) is 4.98 Å². The number of sulfonamides is 1. The molecule has 1 atom stereocenters. The Morgan fingerprint density at radius 3 is 2.17 bits per heavy atom. The molecule has 12 nitrogen and oxygen atoms in total. The maximum absolute atomic E-state index is 15.9. The molecule has 1 aromatic heterocycles. The molecule has 3 heterocycles. The number of nitrogens with zero attached hydrogens (tertiary/aromatic N) is 5. The zero-order valence-electron chi connectivity index (χ0n) is 26.2. The van der Waals surface area contributed by atoms with Crippen LogP contribution in [0.2, 0.25) is 5.15 Å². The Hall–Kier alpha value is -2.95. The summed E-state index contributed by atoms with van der Waals surface area (Å²) in [4.78, 5) is 34.4. The third-order valence-corrected chi connectivity index (χ3v) is 11.5. The lowest BCUT2D eigenvalue weighted by Gasteiger charge is -2.36. The minimum Gasteiger partial charge on any atom is -0.354 e. The van der Waals surface area contributed by atoms with Gasteiger partial charge in [0.1, 0.15) is 11.0 Å². The van der Waals surface area contributed by atoms with E-state index < -0.39 is 21.9 Å². The normalized spacial score (nSPS) is 22.9. The fraction of sp³-hybridized carbons (Fsp3) is 0.581. The Morgan fingerprint density at radius 1 is 1.00 bits per heavy atom. The van der Waals surface area contributed by atoms with Gasteiger partial charge in [-0.15, -0.1) is 0 Å². The second kappa shape index (κ2) is 14.7. The van der Waals surface area contributed by atoms with Crippen LogP contribution < -0.4 is 27.0 Å². The van der Waals surface area contributed by atoms with Crippen molar-refractivity contribution in [2.45, 2.75) is 49.0 Å². The molecule has 2 amide bonds. The maximum atomic E-state index is 15.9. The first-order valence-corrected chi connectivity index (χ1v) is 17.8. The van der Waals surface area contributed by atoms with Gasteiger partial charge < -0.3 is 31.9 Å². The van der Waals surface area contributed by atoms with Crippen molar-refractivity contribution in [2.75, 3.05) is 68.7 Å². The zero-order chi connectivity index (χ0) is 33.9. The van der Waals surface area contributed by atoms with Gasteiger partial charge in [0.2, 0.25) is 21.8 Å². The molecule has 3 aliphatic rings. The van der Waals surface area contributed by atoms with Gasteiger partial charge in [0.25, 0.3) is 5.92 Å². The van der Waals surface area contributed by atoms with E-state index in [4.69, 9.17) is 28.8 Å². The molecule has 47 heavy (non-hydrogen) atoms. The number of piperazine rings is 1. The van der Waals surface area contributed by atoms with Crippen LogP contribution in [0.4, 0.5) is 20.3 Å². The summed E-state index contributed by atoms with van der Waals surface area (Å²) in [5.41, 5.74) is 17.5. The largest absolute Gasteiger partial charge is 0.354 e. The first kappa shape index (κ1) is 35.4. The lowest BCUT2D eigenvalue weighted by molar-refractivity contribution is -0.139. The molecule has 6 N–H and O–H groups in total. The highest BCUT2D eigenvalue weighted by Gasteiger charge is 2.45. The predicted octanol–water partition coefficient (Wildman–Crippen LogP) is 1.95. The molecule has 1 aromatic carbocycles. The Labute approximate surface area is 279 Å². The van der Waals surface area contributed by atoms with Crippen LogP contribution in [0.5, 0.6) is 0 Å². The highest BCUT2D eigenvalue weighted by Crippen LogP contribution is 2.46. The maximum Gasteiger partial charge on any atom is 0.276 e. The molecule has 0 unspecified atom stereocenters. The zero-order valence-corrected chi connectivity index (χ0v) is 27.8. The number of benzene rings is 1. The van der Waals surface area contributed by atoms with Crippen molar-refractivity contribution >= 4 is 44.9 Å². The van der Waals surface area contributed by atoms with Crippen molar-refractivity contribution in [2.24, 2.45) is 29.0 Å². The average Bonchev–Trinajstić information content (AvgIpc) is 3.41. The molecule has 258 valence electrons. The van der Waals surface area contributed by atoms with Gasteiger partial charge in [0.05, 0.1) is 4.90 Å². The van der Waals surface area contributed by atoms with Crippen LogP contribution >= 0.6 is 11.6 Å². The SMILES string of the molecule is NCCN(CCN)C(=O)[C@H]1CC[C@H](C(F)(F)c2cc(Cl)nc(N3CCN(S(=O)(=O)c4ccc(N5C[C@H](N)CC5=O)cc4)CC3)c2)CC1. The summed E-state index contributed by atoms with van der Waals surface area (Å²) in [5, 5.41) is -0.0761. The van der Waals surface area contributed by atoms with E-state index in [0.717, 1.165) is 0 Å². The Morgan fingerprint density at radius 2 is 1.62 bits per heavy atom. The van der Waals surface area contributed by atoms with E-state index in [9.17, 15) is 18.0 Å². The van der Waals surface area contributed by atoms with E-state index in [1.165, 1.54) is 28.6 Å². The number of anilines is 2. The molecule has 2 saturated heterocycles. The van der Waals surface area contributed by atoms with Crippen LogP contribution in [-0.4, -0.2) is 99.4 Å². The van der Waals surface area contributed by atoms with Gasteiger partial charge in [0, 0.05) is 94.5 Å². The Kier molecular flexibility index (Phi) is 11.0. The van der Waals surface area contributed by atoms with E-state index >= 15 is 8.78 Å². The molecule has 3 fully saturated rings. The van der Waals surface area contributed by atoms with Gasteiger partial charge in [0.15, 0.2) is 0 Å². The van der Waals surface area contributed by atoms with Gasteiger partial charge in [-0.25, -0.2) is 22.2 Å². The molecular formula is C31H43ClF2N8O4S. The van der Waals surface area contributed by atoms with E-state index in [1.54, 1.807) is 26.8 Å². The molecule has 2 aliphatic heterocycles. The van der Waals surface area contributed by atoms with Crippen molar-refractivity contribution in [3.8, 4) is 0 Å². The molecule has 0 bridgehead atoms. The third kappa shape index (κ3) is 7.70. The average molecular weight is 697 g/mol. The number of alkyl halides is 2. The predicted molar refractivity (Wildman–Crippen MR) is 176 cm³/mol. The number of nitrogens with two attached hydrogens (primary N) is 3. The number of hydrogen-bond acceptors (Lipinski definition) is 9. The van der Waals surface area contributed by atoms with Crippen molar-refractivity contribution in [1.29, 1.82) is 0 Å². The summed E-state index contributed by atoms with van der Waals surface area (Å²) < 4.78 is 60.0. The van der Waals surface area contributed by atoms with Crippen LogP contribution in [0.3, 0.4) is 0 Å². The first-order valence-electron chi connectivity index (χ1n) is 16.0. The van der Waals surface area contributed by atoms with Gasteiger partial charge in [-0.2, -0.15) is 4.31 Å². The minimum atomic E-state index is -3.84. The second-order valence-electron chi connectivity index (χ2n) is 12.5. The van der Waals surface area contributed by atoms with Crippen LogP contribution in [-0.2, 0) is 25.5 Å². The summed E-state index contributed by atoms with van der Waals surface area (Å²) in [6.45, 7) is 2.45. The summed E-state index contributed by atoms with van der Waals surface area (Å²) in [7, 11) is -3.84. The summed E-state index contributed by atoms with van der Waals surface area (Å²) >= 11 is 6.25. The summed E-state index contributed by atoms with van der Waals surface area (Å²) in [6.07, 6.45) is 1.30. The number of carbonyl (C=O) groups is 2. The van der Waals surface area contributed by atoms with Crippen LogP contribution in [0.15, 0.2) is 41.3 Å². The van der Waals surface area contributed by atoms with Crippen LogP contribution in [0.1, 0.15) is 37.7 Å². The molecule has 0 spiro atoms. The van der Waals surface area contributed by atoms with Gasteiger partial charge in [-0.3, -0.25) is 9.59 Å². The summed E-state index contributed by atoms with van der Waals surface area (Å²) in [6, 6.07) is 8.40. The first-order chi connectivity index (χ1) is 22.3. The fourth-order valence-electron chi connectivity index (χ4n) is 6.77. The number of pyridine rings is 1. The number of halogens is 3. The second-order valence-corrected chi connectivity index (χ2v) is 14.8. The quantitative estimate of drug-likeness (QED) is 0.297. The van der Waals surface area contributed by atoms with Gasteiger partial charge >= 0.3 is 0 Å². The van der Waals surface area contributed by atoms with Crippen molar-refractivity contribution in [3.05, 3.63) is 47.1 Å². The van der Waals surface area contributed by atoms with Crippen molar-refractivity contribution in [1.82, 2.24) is 14.2 Å². The molecule has 1 aliphatic carbocycles. The van der Waals surface area contributed by atoms with Crippen molar-refractivity contribution < 1.29 is 26.8 Å². The molecule has 2 aromatic rings. The lowest BCUT2D eigenvalue weighted by atomic mass is 9.77. The molecule has 1 saturated carbocycles. The van der Waals surface area contributed by atoms with Gasteiger partial charge in [-0.05, 0) is 62.1 Å².